The lowest BCUT2D eigenvalue weighted by Crippen LogP contribution is -2.30. The van der Waals surface area contributed by atoms with Crippen molar-refractivity contribution in [3.8, 4) is 6.07 Å². The van der Waals surface area contributed by atoms with Crippen molar-refractivity contribution < 1.29 is 4.79 Å². The van der Waals surface area contributed by atoms with E-state index in [0.29, 0.717) is 37.7 Å². The molecule has 5 N–H and O–H groups in total. The Bertz CT molecular complexity index is 1490. The molecule has 3 aromatic carbocycles. The van der Waals surface area contributed by atoms with Crippen molar-refractivity contribution in [2.75, 3.05) is 16.5 Å². The molecule has 0 saturated heterocycles. The van der Waals surface area contributed by atoms with E-state index < -0.39 is 11.8 Å². The van der Waals surface area contributed by atoms with Gasteiger partial charge >= 0.3 is 0 Å². The standard InChI is InChI=1S/C26H20Cl3N7O/c1-14-10-19(20(12-30)15-2-6-17(27)7-3-15)21(29)11-22(14)34-24-23(31)25(33-13-32-24)35-36-26(37)16-4-8-18(28)9-5-16/h2-11,13,20H,31H2,1H3,(H,36,37)(H2,32,33,34,35). The van der Waals surface area contributed by atoms with Crippen molar-refractivity contribution >= 4 is 63.7 Å². The minimum Gasteiger partial charge on any atom is -0.393 e. The third-order valence-corrected chi connectivity index (χ3v) is 6.36. The molecule has 1 heterocycles. The topological polar surface area (TPSA) is 129 Å². The van der Waals surface area contributed by atoms with E-state index in [4.69, 9.17) is 40.5 Å². The van der Waals surface area contributed by atoms with Gasteiger partial charge in [-0.15, -0.1) is 0 Å². The van der Waals surface area contributed by atoms with E-state index in [1.54, 1.807) is 54.6 Å². The summed E-state index contributed by atoms with van der Waals surface area (Å²) in [6.07, 6.45) is 1.30. The molecule has 4 rings (SSSR count). The molecular formula is C26H20Cl3N7O. The summed E-state index contributed by atoms with van der Waals surface area (Å²) in [5.41, 5.74) is 15.0. The number of amides is 1. The summed E-state index contributed by atoms with van der Waals surface area (Å²) >= 11 is 18.4. The predicted octanol–water partition coefficient (Wildman–Crippen LogP) is 6.48. The molecule has 8 nitrogen and oxygen atoms in total. The molecule has 11 heteroatoms. The SMILES string of the molecule is Cc1cc(C(C#N)c2ccc(Cl)cc2)c(Cl)cc1Nc1ncnc(NNC(=O)c2ccc(Cl)cc2)c1N. The van der Waals surface area contributed by atoms with Crippen molar-refractivity contribution in [1.29, 1.82) is 5.26 Å². The smallest absolute Gasteiger partial charge is 0.269 e. The maximum Gasteiger partial charge on any atom is 0.269 e. The first-order valence-electron chi connectivity index (χ1n) is 10.9. The summed E-state index contributed by atoms with van der Waals surface area (Å²) in [5, 5.41) is 14.5. The van der Waals surface area contributed by atoms with E-state index in [9.17, 15) is 10.1 Å². The molecule has 1 atom stereocenters. The van der Waals surface area contributed by atoms with Crippen molar-refractivity contribution in [1.82, 2.24) is 15.4 Å². The zero-order valence-electron chi connectivity index (χ0n) is 19.4. The van der Waals surface area contributed by atoms with Gasteiger partial charge in [-0.05, 0) is 66.1 Å². The quantitative estimate of drug-likeness (QED) is 0.193. The first-order valence-corrected chi connectivity index (χ1v) is 12.0. The van der Waals surface area contributed by atoms with Crippen LogP contribution in [0.15, 0.2) is 67.0 Å². The van der Waals surface area contributed by atoms with Crippen LogP contribution in [0.1, 0.15) is 33.0 Å². The van der Waals surface area contributed by atoms with Crippen molar-refractivity contribution in [2.24, 2.45) is 0 Å². The van der Waals surface area contributed by atoms with Crippen molar-refractivity contribution in [3.05, 3.63) is 104 Å². The van der Waals surface area contributed by atoms with E-state index in [1.807, 2.05) is 13.0 Å². The van der Waals surface area contributed by atoms with Gasteiger partial charge in [0.25, 0.3) is 5.91 Å². The molecule has 37 heavy (non-hydrogen) atoms. The van der Waals surface area contributed by atoms with Gasteiger partial charge < -0.3 is 11.1 Å². The Hall–Kier alpha value is -4.03. The second-order valence-corrected chi connectivity index (χ2v) is 9.28. The maximum absolute atomic E-state index is 12.4. The number of hydrogen-bond acceptors (Lipinski definition) is 7. The summed E-state index contributed by atoms with van der Waals surface area (Å²) in [4.78, 5) is 20.7. The van der Waals surface area contributed by atoms with Crippen LogP contribution in [0.3, 0.4) is 0 Å². The molecule has 0 aliphatic carbocycles. The fourth-order valence-corrected chi connectivity index (χ4v) is 4.08. The molecule has 1 amide bonds. The van der Waals surface area contributed by atoms with E-state index in [-0.39, 0.29) is 11.5 Å². The Kier molecular flexibility index (Phi) is 7.99. The number of benzene rings is 3. The molecule has 0 spiro atoms. The molecule has 0 radical (unpaired) electrons. The summed E-state index contributed by atoms with van der Waals surface area (Å²) in [7, 11) is 0. The second-order valence-electron chi connectivity index (χ2n) is 8.00. The largest absolute Gasteiger partial charge is 0.393 e. The van der Waals surface area contributed by atoms with Crippen molar-refractivity contribution in [3.63, 3.8) is 0 Å². The number of nitrogens with zero attached hydrogens (tertiary/aromatic N) is 3. The van der Waals surface area contributed by atoms with E-state index in [0.717, 1.165) is 11.1 Å². The third-order valence-electron chi connectivity index (χ3n) is 5.52. The fraction of sp³-hybridized carbons (Fsp3) is 0.0769. The number of aryl methyl sites for hydroxylation is 1. The maximum atomic E-state index is 12.4. The lowest BCUT2D eigenvalue weighted by molar-refractivity contribution is 0.0962. The monoisotopic (exact) mass is 551 g/mol. The lowest BCUT2D eigenvalue weighted by atomic mass is 9.91. The van der Waals surface area contributed by atoms with Crippen molar-refractivity contribution in [2.45, 2.75) is 12.8 Å². The van der Waals surface area contributed by atoms with Gasteiger partial charge in [0.15, 0.2) is 11.6 Å². The summed E-state index contributed by atoms with van der Waals surface area (Å²) < 4.78 is 0. The van der Waals surface area contributed by atoms with Crippen LogP contribution in [-0.4, -0.2) is 15.9 Å². The van der Waals surface area contributed by atoms with Gasteiger partial charge in [-0.1, -0.05) is 53.0 Å². The van der Waals surface area contributed by atoms with E-state index >= 15 is 0 Å². The second kappa shape index (κ2) is 11.4. The molecule has 1 unspecified atom stereocenters. The highest BCUT2D eigenvalue weighted by Gasteiger charge is 2.19. The molecule has 0 saturated carbocycles. The molecule has 4 aromatic rings. The number of nitriles is 1. The number of carbonyl (C=O) groups excluding carboxylic acids is 1. The van der Waals surface area contributed by atoms with Gasteiger partial charge in [-0.3, -0.25) is 15.6 Å². The number of rotatable bonds is 7. The number of nitrogens with one attached hydrogen (secondary N) is 3. The van der Waals surface area contributed by atoms with Gasteiger partial charge in [0.05, 0.1) is 12.0 Å². The molecule has 0 fully saturated rings. The normalized spacial score (nSPS) is 11.3. The number of anilines is 4. The third kappa shape index (κ3) is 6.04. The highest BCUT2D eigenvalue weighted by molar-refractivity contribution is 6.32. The minimum absolute atomic E-state index is 0.176. The summed E-state index contributed by atoms with van der Waals surface area (Å²) in [6.45, 7) is 1.88. The Morgan fingerprint density at radius 2 is 1.59 bits per heavy atom. The highest BCUT2D eigenvalue weighted by Crippen LogP contribution is 2.36. The number of nitrogen functional groups attached to an aromatic ring is 1. The van der Waals surface area contributed by atoms with Crippen LogP contribution in [0, 0.1) is 18.3 Å². The Balaban J connectivity index is 1.53. The van der Waals surface area contributed by atoms with Gasteiger partial charge in [-0.2, -0.15) is 5.26 Å². The van der Waals surface area contributed by atoms with Gasteiger partial charge in [-0.25, -0.2) is 9.97 Å². The number of hydrazine groups is 1. The average Bonchev–Trinajstić information content (AvgIpc) is 2.89. The predicted molar refractivity (Wildman–Crippen MR) is 147 cm³/mol. The minimum atomic E-state index is -0.568. The molecule has 0 aliphatic heterocycles. The number of hydrogen-bond donors (Lipinski definition) is 4. The fourth-order valence-electron chi connectivity index (χ4n) is 3.55. The van der Waals surface area contributed by atoms with Gasteiger partial charge in [0.1, 0.15) is 12.0 Å². The zero-order valence-corrected chi connectivity index (χ0v) is 21.7. The van der Waals surface area contributed by atoms with Crippen LogP contribution in [0.5, 0.6) is 0 Å². The molecule has 1 aromatic heterocycles. The number of aromatic nitrogens is 2. The van der Waals surface area contributed by atoms with E-state index in [2.05, 4.69) is 32.2 Å². The van der Waals surface area contributed by atoms with Crippen LogP contribution < -0.4 is 21.9 Å². The van der Waals surface area contributed by atoms with Crippen LogP contribution in [0.25, 0.3) is 0 Å². The number of carbonyl (C=O) groups is 1. The van der Waals surface area contributed by atoms with Gasteiger partial charge in [0, 0.05) is 26.3 Å². The molecule has 186 valence electrons. The molecule has 0 aliphatic rings. The Morgan fingerprint density at radius 3 is 2.24 bits per heavy atom. The van der Waals surface area contributed by atoms with Crippen LogP contribution >= 0.6 is 34.8 Å². The number of halogens is 3. The van der Waals surface area contributed by atoms with Gasteiger partial charge in [0.2, 0.25) is 0 Å². The molecular weight excluding hydrogens is 533 g/mol. The first kappa shape index (κ1) is 26.0. The van der Waals surface area contributed by atoms with Crippen LogP contribution in [-0.2, 0) is 0 Å². The lowest BCUT2D eigenvalue weighted by Gasteiger charge is -2.17. The highest BCUT2D eigenvalue weighted by atomic mass is 35.5. The summed E-state index contributed by atoms with van der Waals surface area (Å²) in [6, 6.07) is 19.4. The summed E-state index contributed by atoms with van der Waals surface area (Å²) in [5.74, 6) is -0.455. The number of nitrogens with two attached hydrogens (primary N) is 1. The Morgan fingerprint density at radius 1 is 0.973 bits per heavy atom. The first-order chi connectivity index (χ1) is 17.8. The van der Waals surface area contributed by atoms with Crippen LogP contribution in [0.2, 0.25) is 15.1 Å². The van der Waals surface area contributed by atoms with E-state index in [1.165, 1.54) is 6.33 Å². The zero-order chi connectivity index (χ0) is 26.5. The van der Waals surface area contributed by atoms with Crippen LogP contribution in [0.4, 0.5) is 23.0 Å². The molecule has 0 bridgehead atoms. The Labute approximate surface area is 228 Å². The average molecular weight is 553 g/mol.